The molecule has 0 bridgehead atoms. The summed E-state index contributed by atoms with van der Waals surface area (Å²) < 4.78 is 0. The molecule has 3 aromatic rings. The van der Waals surface area contributed by atoms with Crippen LogP contribution in [0.5, 0.6) is 0 Å². The molecule has 0 aliphatic carbocycles. The Labute approximate surface area is 170 Å². The van der Waals surface area contributed by atoms with E-state index in [0.29, 0.717) is 0 Å². The lowest BCUT2D eigenvalue weighted by atomic mass is 10.0. The quantitative estimate of drug-likeness (QED) is 0.253. The third-order valence-corrected chi connectivity index (χ3v) is 5.14. The number of hydrogen-bond donors (Lipinski definition) is 0. The van der Waals surface area contributed by atoms with Crippen molar-refractivity contribution < 1.29 is 0 Å². The van der Waals surface area contributed by atoms with Crippen LogP contribution in [0.3, 0.4) is 0 Å². The molecule has 3 rings (SSSR count). The van der Waals surface area contributed by atoms with Gasteiger partial charge in [0.05, 0.1) is 5.69 Å². The molecule has 1 heteroatoms. The average molecular weight is 370 g/mol. The van der Waals surface area contributed by atoms with Crippen LogP contribution in [0.1, 0.15) is 56.6 Å². The van der Waals surface area contributed by atoms with Crippen molar-refractivity contribution in [1.82, 2.24) is 0 Å². The van der Waals surface area contributed by atoms with Crippen LogP contribution in [0.25, 0.3) is 11.1 Å². The molecule has 0 atom stereocenters. The molecule has 0 N–H and O–H groups in total. The summed E-state index contributed by atoms with van der Waals surface area (Å²) in [6.45, 7) is 2.27. The molecule has 0 saturated heterocycles. The van der Waals surface area contributed by atoms with Gasteiger partial charge >= 0.3 is 0 Å². The summed E-state index contributed by atoms with van der Waals surface area (Å²) in [6, 6.07) is 27.7. The Morgan fingerprint density at radius 3 is 2.00 bits per heavy atom. The van der Waals surface area contributed by atoms with Gasteiger partial charge in [-0.05, 0) is 47.2 Å². The van der Waals surface area contributed by atoms with Crippen LogP contribution < -0.4 is 0 Å². The van der Waals surface area contributed by atoms with E-state index in [0.717, 1.165) is 11.3 Å². The van der Waals surface area contributed by atoms with E-state index >= 15 is 0 Å². The third kappa shape index (κ3) is 6.49. The van der Waals surface area contributed by atoms with E-state index in [2.05, 4.69) is 84.7 Å². The van der Waals surface area contributed by atoms with Gasteiger partial charge < -0.3 is 0 Å². The lowest BCUT2D eigenvalue weighted by molar-refractivity contribution is 0.607. The first kappa shape index (κ1) is 20.1. The monoisotopic (exact) mass is 369 g/mol. The Morgan fingerprint density at radius 1 is 0.643 bits per heavy atom. The number of unbranched alkanes of at least 4 members (excludes halogenated alkanes) is 5. The SMILES string of the molecule is CCCCCCCCc1ccc(N=Cc2ccc(-c3ccccc3)cc2)cc1. The van der Waals surface area contributed by atoms with E-state index in [4.69, 9.17) is 0 Å². The standard InChI is InChI=1S/C27H31N/c1-2-3-4-5-6-8-11-23-16-20-27(21-17-23)28-22-24-14-18-26(19-15-24)25-12-9-7-10-13-25/h7,9-10,12-22H,2-6,8,11H2,1H3. The van der Waals surface area contributed by atoms with Crippen molar-refractivity contribution >= 4 is 11.9 Å². The first-order chi connectivity index (χ1) is 13.8. The molecule has 3 aromatic carbocycles. The van der Waals surface area contributed by atoms with E-state index in [1.165, 1.54) is 61.6 Å². The minimum absolute atomic E-state index is 1.01. The summed E-state index contributed by atoms with van der Waals surface area (Å²) >= 11 is 0. The zero-order valence-corrected chi connectivity index (χ0v) is 17.0. The average Bonchev–Trinajstić information content (AvgIpc) is 2.76. The van der Waals surface area contributed by atoms with Gasteiger partial charge in [-0.15, -0.1) is 0 Å². The molecular weight excluding hydrogens is 338 g/mol. The second-order valence-electron chi connectivity index (χ2n) is 7.43. The van der Waals surface area contributed by atoms with E-state index in [-0.39, 0.29) is 0 Å². The highest BCUT2D eigenvalue weighted by Crippen LogP contribution is 2.20. The minimum Gasteiger partial charge on any atom is -0.256 e. The maximum atomic E-state index is 4.63. The van der Waals surface area contributed by atoms with Crippen LogP contribution in [0.15, 0.2) is 83.9 Å². The fraction of sp³-hybridized carbons (Fsp3) is 0.296. The van der Waals surface area contributed by atoms with Gasteiger partial charge in [-0.1, -0.05) is 106 Å². The Balaban J connectivity index is 1.49. The first-order valence-electron chi connectivity index (χ1n) is 10.6. The van der Waals surface area contributed by atoms with Crippen molar-refractivity contribution in [3.8, 4) is 11.1 Å². The van der Waals surface area contributed by atoms with Gasteiger partial charge in [0.15, 0.2) is 0 Å². The summed E-state index contributed by atoms with van der Waals surface area (Å²) in [5.41, 5.74) is 6.03. The van der Waals surface area contributed by atoms with Crippen molar-refractivity contribution in [1.29, 1.82) is 0 Å². The third-order valence-electron chi connectivity index (χ3n) is 5.14. The Hall–Kier alpha value is -2.67. The van der Waals surface area contributed by atoms with Crippen LogP contribution in [0, 0.1) is 0 Å². The molecule has 0 fully saturated rings. The summed E-state index contributed by atoms with van der Waals surface area (Å²) in [6.07, 6.45) is 11.2. The van der Waals surface area contributed by atoms with E-state index < -0.39 is 0 Å². The van der Waals surface area contributed by atoms with E-state index in [9.17, 15) is 0 Å². The number of benzene rings is 3. The molecule has 0 spiro atoms. The molecule has 0 aliphatic rings. The largest absolute Gasteiger partial charge is 0.256 e. The molecule has 28 heavy (non-hydrogen) atoms. The molecule has 144 valence electrons. The predicted octanol–water partition coefficient (Wildman–Crippen LogP) is 8.01. The maximum Gasteiger partial charge on any atom is 0.0630 e. The molecule has 0 amide bonds. The zero-order chi connectivity index (χ0) is 19.4. The molecule has 0 unspecified atom stereocenters. The van der Waals surface area contributed by atoms with Crippen LogP contribution in [-0.4, -0.2) is 6.21 Å². The fourth-order valence-corrected chi connectivity index (χ4v) is 3.40. The lowest BCUT2D eigenvalue weighted by Crippen LogP contribution is -1.86. The van der Waals surface area contributed by atoms with Gasteiger partial charge in [0, 0.05) is 6.21 Å². The van der Waals surface area contributed by atoms with Crippen molar-refractivity contribution in [2.24, 2.45) is 4.99 Å². The smallest absolute Gasteiger partial charge is 0.0630 e. The lowest BCUT2D eigenvalue weighted by Gasteiger charge is -2.03. The predicted molar refractivity (Wildman–Crippen MR) is 123 cm³/mol. The highest BCUT2D eigenvalue weighted by molar-refractivity contribution is 5.83. The van der Waals surface area contributed by atoms with Crippen molar-refractivity contribution in [2.45, 2.75) is 51.9 Å². The fourth-order valence-electron chi connectivity index (χ4n) is 3.40. The number of nitrogens with zero attached hydrogens (tertiary/aromatic N) is 1. The summed E-state index contributed by atoms with van der Waals surface area (Å²) in [4.78, 5) is 4.63. The number of rotatable bonds is 10. The number of aryl methyl sites for hydroxylation is 1. The molecular formula is C27H31N. The van der Waals surface area contributed by atoms with Crippen LogP contribution in [-0.2, 0) is 6.42 Å². The molecule has 0 aromatic heterocycles. The first-order valence-corrected chi connectivity index (χ1v) is 10.6. The number of hydrogen-bond acceptors (Lipinski definition) is 1. The highest BCUT2D eigenvalue weighted by Gasteiger charge is 1.97. The normalized spacial score (nSPS) is 11.2. The van der Waals surface area contributed by atoms with Gasteiger partial charge in [-0.3, -0.25) is 4.99 Å². The van der Waals surface area contributed by atoms with Crippen molar-refractivity contribution in [2.75, 3.05) is 0 Å². The van der Waals surface area contributed by atoms with Gasteiger partial charge in [0.1, 0.15) is 0 Å². The molecule has 0 radical (unpaired) electrons. The second-order valence-corrected chi connectivity index (χ2v) is 7.43. The van der Waals surface area contributed by atoms with Crippen LogP contribution >= 0.6 is 0 Å². The minimum atomic E-state index is 1.01. The highest BCUT2D eigenvalue weighted by atomic mass is 14.7. The summed E-state index contributed by atoms with van der Waals surface area (Å²) in [5, 5.41) is 0. The van der Waals surface area contributed by atoms with Gasteiger partial charge in [0.25, 0.3) is 0 Å². The summed E-state index contributed by atoms with van der Waals surface area (Å²) in [7, 11) is 0. The number of aliphatic imine (C=N–C) groups is 1. The summed E-state index contributed by atoms with van der Waals surface area (Å²) in [5.74, 6) is 0. The van der Waals surface area contributed by atoms with Gasteiger partial charge in [-0.2, -0.15) is 0 Å². The van der Waals surface area contributed by atoms with E-state index in [1.807, 2.05) is 12.3 Å². The molecule has 0 saturated carbocycles. The Morgan fingerprint density at radius 2 is 1.29 bits per heavy atom. The molecule has 1 nitrogen and oxygen atoms in total. The van der Waals surface area contributed by atoms with Gasteiger partial charge in [-0.25, -0.2) is 0 Å². The van der Waals surface area contributed by atoms with Gasteiger partial charge in [0.2, 0.25) is 0 Å². The molecule has 0 heterocycles. The topological polar surface area (TPSA) is 12.4 Å². The zero-order valence-electron chi connectivity index (χ0n) is 17.0. The van der Waals surface area contributed by atoms with Crippen molar-refractivity contribution in [3.05, 3.63) is 90.0 Å². The Kier molecular flexibility index (Phi) is 8.06. The van der Waals surface area contributed by atoms with Crippen LogP contribution in [0.2, 0.25) is 0 Å². The van der Waals surface area contributed by atoms with Crippen LogP contribution in [0.4, 0.5) is 5.69 Å². The Bertz CT molecular complexity index is 830. The van der Waals surface area contributed by atoms with E-state index in [1.54, 1.807) is 0 Å². The van der Waals surface area contributed by atoms with Crippen molar-refractivity contribution in [3.63, 3.8) is 0 Å². The molecule has 0 aliphatic heterocycles. The second kappa shape index (κ2) is 11.2. The maximum absolute atomic E-state index is 4.63.